The van der Waals surface area contributed by atoms with Gasteiger partial charge in [-0.25, -0.2) is 4.79 Å². The van der Waals surface area contributed by atoms with E-state index in [-0.39, 0.29) is 30.3 Å². The average Bonchev–Trinajstić information content (AvgIpc) is 3.03. The first kappa shape index (κ1) is 37.6. The number of aromatic hydroxyl groups is 2. The fourth-order valence-electron chi connectivity index (χ4n) is 4.95. The van der Waals surface area contributed by atoms with Crippen LogP contribution < -0.4 is 5.32 Å². The minimum Gasteiger partial charge on any atom is -0.508 e. The molecule has 0 aliphatic carbocycles. The van der Waals surface area contributed by atoms with Gasteiger partial charge in [0, 0.05) is 39.8 Å². The Morgan fingerprint density at radius 2 is 1.24 bits per heavy atom. The largest absolute Gasteiger partial charge is 0.508 e. The van der Waals surface area contributed by atoms with Crippen molar-refractivity contribution in [1.82, 2.24) is 15.1 Å². The summed E-state index contributed by atoms with van der Waals surface area (Å²) in [6.45, 7) is 8.32. The molecule has 0 unspecified atom stereocenters. The van der Waals surface area contributed by atoms with Gasteiger partial charge in [0.1, 0.15) is 29.6 Å². The lowest BCUT2D eigenvalue weighted by molar-refractivity contribution is -0.158. The van der Waals surface area contributed by atoms with E-state index in [2.05, 4.69) is 5.32 Å². The molecule has 0 saturated carbocycles. The van der Waals surface area contributed by atoms with Crippen molar-refractivity contribution in [2.75, 3.05) is 21.2 Å². The Bertz CT molecular complexity index is 1340. The van der Waals surface area contributed by atoms with Crippen molar-refractivity contribution in [2.24, 2.45) is 11.8 Å². The number of benzene rings is 2. The highest BCUT2D eigenvalue weighted by Crippen LogP contribution is 2.21. The molecule has 3 amide bonds. The van der Waals surface area contributed by atoms with E-state index in [0.717, 1.165) is 0 Å². The molecule has 252 valence electrons. The average molecular weight is 642 g/mol. The van der Waals surface area contributed by atoms with Crippen LogP contribution in [0.4, 0.5) is 0 Å². The van der Waals surface area contributed by atoms with E-state index in [1.807, 2.05) is 6.92 Å². The summed E-state index contributed by atoms with van der Waals surface area (Å²) in [6, 6.07) is 9.11. The molecule has 46 heavy (non-hydrogen) atoms. The summed E-state index contributed by atoms with van der Waals surface area (Å²) in [5.74, 6) is -3.69. The SMILES string of the molecule is CC[C@H](C)[C@@H](OC(C)=O)C(=O)N[C@H](C(=O)N(C)[C@H](Cc1ccc(O)cc1)C(=O)N(C)[C@H](Cc1ccc(O)cc1)C(=O)OC)C(C)C. The van der Waals surface area contributed by atoms with Gasteiger partial charge >= 0.3 is 11.9 Å². The van der Waals surface area contributed by atoms with Crippen LogP contribution in [0.25, 0.3) is 0 Å². The van der Waals surface area contributed by atoms with Crippen LogP contribution in [0.1, 0.15) is 52.2 Å². The number of likely N-dealkylation sites (N-methyl/N-ethyl adjacent to an activating group) is 2. The van der Waals surface area contributed by atoms with Gasteiger partial charge in [0.25, 0.3) is 5.91 Å². The number of phenolic OH excluding ortho intramolecular Hbond substituents is 2. The molecule has 0 aliphatic rings. The predicted molar refractivity (Wildman–Crippen MR) is 171 cm³/mol. The van der Waals surface area contributed by atoms with Gasteiger partial charge in [-0.3, -0.25) is 19.2 Å². The van der Waals surface area contributed by atoms with Crippen molar-refractivity contribution in [2.45, 2.75) is 78.1 Å². The van der Waals surface area contributed by atoms with Gasteiger partial charge in [-0.2, -0.15) is 0 Å². The summed E-state index contributed by atoms with van der Waals surface area (Å²) in [7, 11) is 4.11. The van der Waals surface area contributed by atoms with Gasteiger partial charge in [0.05, 0.1) is 7.11 Å². The smallest absolute Gasteiger partial charge is 0.328 e. The molecule has 0 bridgehead atoms. The molecule has 2 aromatic carbocycles. The first-order valence-electron chi connectivity index (χ1n) is 15.3. The molecule has 3 N–H and O–H groups in total. The number of carbonyl (C=O) groups is 5. The van der Waals surface area contributed by atoms with E-state index in [9.17, 15) is 34.2 Å². The van der Waals surface area contributed by atoms with E-state index in [0.29, 0.717) is 17.5 Å². The molecule has 12 heteroatoms. The number of nitrogens with zero attached hydrogens (tertiary/aromatic N) is 2. The van der Waals surface area contributed by atoms with E-state index in [1.165, 1.54) is 62.2 Å². The molecule has 0 spiro atoms. The van der Waals surface area contributed by atoms with Gasteiger partial charge < -0.3 is 34.8 Å². The topological polar surface area (TPSA) is 163 Å². The highest BCUT2D eigenvalue weighted by atomic mass is 16.5. The molecular formula is C34H47N3O9. The lowest BCUT2D eigenvalue weighted by Gasteiger charge is -2.36. The highest BCUT2D eigenvalue weighted by molar-refractivity contribution is 5.94. The first-order valence-corrected chi connectivity index (χ1v) is 15.3. The van der Waals surface area contributed by atoms with Crippen LogP contribution in [-0.4, -0.2) is 95.1 Å². The van der Waals surface area contributed by atoms with Crippen molar-refractivity contribution < 1.29 is 43.7 Å². The molecule has 0 radical (unpaired) electrons. The first-order chi connectivity index (χ1) is 21.6. The number of phenols is 2. The van der Waals surface area contributed by atoms with Gasteiger partial charge in [-0.1, -0.05) is 52.0 Å². The Balaban J connectivity index is 2.48. The molecule has 5 atom stereocenters. The second-order valence-corrected chi connectivity index (χ2v) is 11.8. The second kappa shape index (κ2) is 17.2. The van der Waals surface area contributed by atoms with Crippen LogP contribution in [0.5, 0.6) is 11.5 Å². The van der Waals surface area contributed by atoms with E-state index in [1.54, 1.807) is 45.0 Å². The number of hydrogen-bond acceptors (Lipinski definition) is 9. The van der Waals surface area contributed by atoms with Crippen molar-refractivity contribution >= 4 is 29.7 Å². The lowest BCUT2D eigenvalue weighted by atomic mass is 9.96. The van der Waals surface area contributed by atoms with Crippen molar-refractivity contribution in [1.29, 1.82) is 0 Å². The zero-order valence-electron chi connectivity index (χ0n) is 27.9. The third kappa shape index (κ3) is 10.2. The predicted octanol–water partition coefficient (Wildman–Crippen LogP) is 2.83. The van der Waals surface area contributed by atoms with Gasteiger partial charge in [0.2, 0.25) is 11.8 Å². The Morgan fingerprint density at radius 1 is 0.783 bits per heavy atom. The summed E-state index contributed by atoms with van der Waals surface area (Å²) >= 11 is 0. The highest BCUT2D eigenvalue weighted by Gasteiger charge is 2.39. The van der Waals surface area contributed by atoms with Crippen molar-refractivity contribution in [3.05, 3.63) is 59.7 Å². The molecule has 0 aromatic heterocycles. The number of carbonyl (C=O) groups excluding carboxylic acids is 5. The summed E-state index contributed by atoms with van der Waals surface area (Å²) in [5, 5.41) is 22.2. The monoisotopic (exact) mass is 641 g/mol. The van der Waals surface area contributed by atoms with Crippen LogP contribution in [0.3, 0.4) is 0 Å². The van der Waals surface area contributed by atoms with Gasteiger partial charge in [0.15, 0.2) is 6.10 Å². The zero-order chi connectivity index (χ0) is 34.7. The van der Waals surface area contributed by atoms with Crippen LogP contribution in [0.2, 0.25) is 0 Å². The van der Waals surface area contributed by atoms with E-state index in [4.69, 9.17) is 9.47 Å². The Morgan fingerprint density at radius 3 is 1.65 bits per heavy atom. The maximum absolute atomic E-state index is 14.2. The van der Waals surface area contributed by atoms with Gasteiger partial charge in [-0.15, -0.1) is 0 Å². The van der Waals surface area contributed by atoms with E-state index < -0.39 is 59.8 Å². The second-order valence-electron chi connectivity index (χ2n) is 11.8. The quantitative estimate of drug-likeness (QED) is 0.248. The standard InChI is InChI=1S/C34H47N3O9/c1-9-21(4)30(46-22(5)38)31(41)35-29(20(2)3)33(43)36(6)27(18-23-10-14-25(39)15-11-23)32(42)37(7)28(34(44)45-8)19-24-12-16-26(40)17-13-24/h10-17,20-21,27-30,39-40H,9,18-19H2,1-8H3,(H,35,41)/t21-,27+,28+,29-,30+/m0/s1. The number of rotatable bonds is 15. The lowest BCUT2D eigenvalue weighted by Crippen LogP contribution is -2.59. The summed E-state index contributed by atoms with van der Waals surface area (Å²) in [4.78, 5) is 68.8. The Labute approximate surface area is 270 Å². The molecule has 2 aromatic rings. The number of amides is 3. The fraction of sp³-hybridized carbons (Fsp3) is 0.500. The number of methoxy groups -OCH3 is 1. The molecular weight excluding hydrogens is 594 g/mol. The number of esters is 2. The van der Waals surface area contributed by atoms with Crippen molar-refractivity contribution in [3.63, 3.8) is 0 Å². The molecule has 0 fully saturated rings. The summed E-state index contributed by atoms with van der Waals surface area (Å²) in [6.07, 6.45) is -0.452. The van der Waals surface area contributed by atoms with Crippen LogP contribution >= 0.6 is 0 Å². The zero-order valence-corrected chi connectivity index (χ0v) is 27.9. The fourth-order valence-corrected chi connectivity index (χ4v) is 4.95. The maximum Gasteiger partial charge on any atom is 0.328 e. The Hall–Kier alpha value is -4.61. The third-order valence-corrected chi connectivity index (χ3v) is 8.06. The number of ether oxygens (including phenoxy) is 2. The van der Waals surface area contributed by atoms with Gasteiger partial charge in [-0.05, 0) is 47.7 Å². The minimum atomic E-state index is -1.13. The molecule has 0 heterocycles. The summed E-state index contributed by atoms with van der Waals surface area (Å²) in [5.41, 5.74) is 1.30. The third-order valence-electron chi connectivity index (χ3n) is 8.06. The Kier molecular flexibility index (Phi) is 14.0. The summed E-state index contributed by atoms with van der Waals surface area (Å²) < 4.78 is 10.3. The van der Waals surface area contributed by atoms with Crippen LogP contribution in [-0.2, 0) is 46.3 Å². The molecule has 0 saturated heterocycles. The molecule has 12 nitrogen and oxygen atoms in total. The normalized spacial score (nSPS) is 14.3. The number of hydrogen-bond donors (Lipinski definition) is 3. The van der Waals surface area contributed by atoms with Crippen LogP contribution in [0.15, 0.2) is 48.5 Å². The van der Waals surface area contributed by atoms with E-state index >= 15 is 0 Å². The molecule has 2 rings (SSSR count). The maximum atomic E-state index is 14.2. The number of nitrogens with one attached hydrogen (secondary N) is 1. The minimum absolute atomic E-state index is 0.0269. The molecule has 0 aliphatic heterocycles. The van der Waals surface area contributed by atoms with Crippen molar-refractivity contribution in [3.8, 4) is 11.5 Å². The van der Waals surface area contributed by atoms with Crippen LogP contribution in [0, 0.1) is 11.8 Å².